The molecule has 0 spiro atoms. The van der Waals surface area contributed by atoms with E-state index < -0.39 is 5.56 Å². The van der Waals surface area contributed by atoms with Gasteiger partial charge < -0.3 is 10.1 Å². The third-order valence-corrected chi connectivity index (χ3v) is 2.55. The summed E-state index contributed by atoms with van der Waals surface area (Å²) in [5.41, 5.74) is 0.699. The first-order valence-corrected chi connectivity index (χ1v) is 5.23. The lowest BCUT2D eigenvalue weighted by Crippen LogP contribution is -2.10. The Balaban J connectivity index is 2.33. The highest BCUT2D eigenvalue weighted by Crippen LogP contribution is 2.19. The van der Waals surface area contributed by atoms with Gasteiger partial charge in [0.15, 0.2) is 0 Å². The van der Waals surface area contributed by atoms with Crippen LogP contribution in [0, 0.1) is 0 Å². The molecule has 0 aliphatic rings. The molecular formula is C12H8N4O2. The number of aromatic amines is 1. The molecule has 0 saturated heterocycles. The zero-order valence-corrected chi connectivity index (χ0v) is 9.16. The topological polar surface area (TPSA) is 91.8 Å². The number of fused-ring (bicyclic) bond motifs is 1. The highest BCUT2D eigenvalue weighted by Gasteiger charge is 2.09. The lowest BCUT2D eigenvalue weighted by Gasteiger charge is -2.03. The van der Waals surface area contributed by atoms with Crippen molar-refractivity contribution in [3.8, 4) is 17.1 Å². The standard InChI is InChI=1S/C12H8N4O2/c17-9-6-14-5-8-10(9)12(18)16-11(15-8)7-1-3-13-4-2-7/h1-6,17H,(H,15,16,18). The third kappa shape index (κ3) is 1.60. The smallest absolute Gasteiger partial charge is 0.262 e. The van der Waals surface area contributed by atoms with E-state index in [-0.39, 0.29) is 11.1 Å². The Bertz CT molecular complexity index is 768. The van der Waals surface area contributed by atoms with Crippen LogP contribution >= 0.6 is 0 Å². The highest BCUT2D eigenvalue weighted by atomic mass is 16.3. The fraction of sp³-hybridized carbons (Fsp3) is 0. The molecule has 88 valence electrons. The van der Waals surface area contributed by atoms with Crippen LogP contribution in [-0.4, -0.2) is 25.0 Å². The Morgan fingerprint density at radius 3 is 2.67 bits per heavy atom. The van der Waals surface area contributed by atoms with Crippen molar-refractivity contribution in [2.45, 2.75) is 0 Å². The van der Waals surface area contributed by atoms with E-state index in [1.54, 1.807) is 24.5 Å². The predicted molar refractivity (Wildman–Crippen MR) is 65.1 cm³/mol. The molecule has 0 radical (unpaired) electrons. The molecule has 3 heterocycles. The molecule has 0 atom stereocenters. The van der Waals surface area contributed by atoms with Gasteiger partial charge in [0.1, 0.15) is 22.5 Å². The molecular weight excluding hydrogens is 232 g/mol. The molecule has 3 aromatic rings. The lowest BCUT2D eigenvalue weighted by atomic mass is 10.2. The van der Waals surface area contributed by atoms with E-state index in [4.69, 9.17) is 0 Å². The van der Waals surface area contributed by atoms with Crippen LogP contribution in [0.2, 0.25) is 0 Å². The molecule has 6 nitrogen and oxygen atoms in total. The Morgan fingerprint density at radius 1 is 1.11 bits per heavy atom. The molecule has 0 aliphatic heterocycles. The fourth-order valence-electron chi connectivity index (χ4n) is 1.72. The molecule has 0 saturated carbocycles. The lowest BCUT2D eigenvalue weighted by molar-refractivity contribution is 0.478. The molecule has 18 heavy (non-hydrogen) atoms. The summed E-state index contributed by atoms with van der Waals surface area (Å²) in [6, 6.07) is 3.47. The van der Waals surface area contributed by atoms with Gasteiger partial charge in [-0.1, -0.05) is 0 Å². The molecule has 0 bridgehead atoms. The molecule has 0 unspecified atom stereocenters. The van der Waals surface area contributed by atoms with Gasteiger partial charge in [-0.05, 0) is 12.1 Å². The number of nitrogens with one attached hydrogen (secondary N) is 1. The van der Waals surface area contributed by atoms with Crippen molar-refractivity contribution in [2.24, 2.45) is 0 Å². The fourth-order valence-corrected chi connectivity index (χ4v) is 1.72. The van der Waals surface area contributed by atoms with Crippen molar-refractivity contribution in [1.29, 1.82) is 0 Å². The van der Waals surface area contributed by atoms with E-state index in [0.29, 0.717) is 11.3 Å². The minimum atomic E-state index is -0.397. The monoisotopic (exact) mass is 240 g/mol. The number of nitrogens with zero attached hydrogens (tertiary/aromatic N) is 3. The van der Waals surface area contributed by atoms with Gasteiger partial charge in [-0.15, -0.1) is 0 Å². The minimum Gasteiger partial charge on any atom is -0.505 e. The molecule has 0 aliphatic carbocycles. The summed E-state index contributed by atoms with van der Waals surface area (Å²) in [5, 5.41) is 9.72. The van der Waals surface area contributed by atoms with E-state index in [1.165, 1.54) is 12.4 Å². The molecule has 0 fully saturated rings. The van der Waals surface area contributed by atoms with Crippen LogP contribution < -0.4 is 5.56 Å². The second-order valence-corrected chi connectivity index (χ2v) is 3.70. The van der Waals surface area contributed by atoms with Crippen LogP contribution in [-0.2, 0) is 0 Å². The Kier molecular flexibility index (Phi) is 2.26. The molecule has 3 aromatic heterocycles. The maximum Gasteiger partial charge on any atom is 0.262 e. The van der Waals surface area contributed by atoms with E-state index in [1.807, 2.05) is 0 Å². The van der Waals surface area contributed by atoms with E-state index >= 15 is 0 Å². The van der Waals surface area contributed by atoms with Gasteiger partial charge in [0.05, 0.1) is 12.4 Å². The summed E-state index contributed by atoms with van der Waals surface area (Å²) in [7, 11) is 0. The SMILES string of the molecule is O=c1[nH]c(-c2ccncc2)nc2cncc(O)c12. The van der Waals surface area contributed by atoms with Gasteiger partial charge in [0.25, 0.3) is 5.56 Å². The first-order chi connectivity index (χ1) is 8.75. The van der Waals surface area contributed by atoms with Gasteiger partial charge >= 0.3 is 0 Å². The summed E-state index contributed by atoms with van der Waals surface area (Å²) in [6.45, 7) is 0. The molecule has 2 N–H and O–H groups in total. The predicted octanol–water partition coefficient (Wildman–Crippen LogP) is 1.09. The quantitative estimate of drug-likeness (QED) is 0.664. The number of aromatic hydroxyl groups is 1. The number of hydrogen-bond acceptors (Lipinski definition) is 5. The second kappa shape index (κ2) is 3.92. The number of rotatable bonds is 1. The summed E-state index contributed by atoms with van der Waals surface area (Å²) in [5.74, 6) is 0.241. The number of H-pyrrole nitrogens is 1. The first kappa shape index (κ1) is 10.4. The van der Waals surface area contributed by atoms with Crippen LogP contribution in [0.5, 0.6) is 5.75 Å². The van der Waals surface area contributed by atoms with Gasteiger partial charge in [-0.2, -0.15) is 0 Å². The van der Waals surface area contributed by atoms with Gasteiger partial charge in [0, 0.05) is 18.0 Å². The van der Waals surface area contributed by atoms with Crippen LogP contribution in [0.4, 0.5) is 0 Å². The van der Waals surface area contributed by atoms with Crippen molar-refractivity contribution in [3.05, 3.63) is 47.3 Å². The van der Waals surface area contributed by atoms with E-state index in [0.717, 1.165) is 5.56 Å². The van der Waals surface area contributed by atoms with Crippen LogP contribution in [0.3, 0.4) is 0 Å². The molecule has 3 rings (SSSR count). The normalized spacial score (nSPS) is 10.7. The second-order valence-electron chi connectivity index (χ2n) is 3.70. The third-order valence-electron chi connectivity index (χ3n) is 2.55. The molecule has 0 aromatic carbocycles. The van der Waals surface area contributed by atoms with Gasteiger partial charge in [-0.25, -0.2) is 4.98 Å². The maximum atomic E-state index is 11.9. The van der Waals surface area contributed by atoms with Crippen LogP contribution in [0.15, 0.2) is 41.7 Å². The zero-order chi connectivity index (χ0) is 12.5. The first-order valence-electron chi connectivity index (χ1n) is 5.23. The van der Waals surface area contributed by atoms with E-state index in [9.17, 15) is 9.90 Å². The van der Waals surface area contributed by atoms with Crippen molar-refractivity contribution >= 4 is 10.9 Å². The summed E-state index contributed by atoms with van der Waals surface area (Å²) < 4.78 is 0. The summed E-state index contributed by atoms with van der Waals surface area (Å²) in [4.78, 5) is 26.5. The minimum absolute atomic E-state index is 0.141. The summed E-state index contributed by atoms with van der Waals surface area (Å²) >= 11 is 0. The van der Waals surface area contributed by atoms with Crippen molar-refractivity contribution in [1.82, 2.24) is 19.9 Å². The average Bonchev–Trinajstić information content (AvgIpc) is 2.39. The van der Waals surface area contributed by atoms with Crippen LogP contribution in [0.1, 0.15) is 0 Å². The summed E-state index contributed by atoms with van der Waals surface area (Å²) in [6.07, 6.45) is 5.88. The van der Waals surface area contributed by atoms with Crippen LogP contribution in [0.25, 0.3) is 22.3 Å². The number of hydrogen-bond donors (Lipinski definition) is 2. The number of pyridine rings is 2. The van der Waals surface area contributed by atoms with E-state index in [2.05, 4.69) is 19.9 Å². The molecule has 0 amide bonds. The largest absolute Gasteiger partial charge is 0.505 e. The Morgan fingerprint density at radius 2 is 1.89 bits per heavy atom. The van der Waals surface area contributed by atoms with Crippen molar-refractivity contribution < 1.29 is 5.11 Å². The Labute approximate surface area is 101 Å². The number of aromatic nitrogens is 4. The zero-order valence-electron chi connectivity index (χ0n) is 9.16. The van der Waals surface area contributed by atoms with Gasteiger partial charge in [-0.3, -0.25) is 14.8 Å². The average molecular weight is 240 g/mol. The van der Waals surface area contributed by atoms with Gasteiger partial charge in [0.2, 0.25) is 0 Å². The Hall–Kier alpha value is -2.76. The molecule has 6 heteroatoms. The highest BCUT2D eigenvalue weighted by molar-refractivity contribution is 5.83. The van der Waals surface area contributed by atoms with Crippen molar-refractivity contribution in [3.63, 3.8) is 0 Å². The van der Waals surface area contributed by atoms with Crippen molar-refractivity contribution in [2.75, 3.05) is 0 Å². The maximum absolute atomic E-state index is 11.9.